The zero-order valence-electron chi connectivity index (χ0n) is 16.8. The number of alkyl halides is 2. The summed E-state index contributed by atoms with van der Waals surface area (Å²) in [4.78, 5) is 29.7. The molecule has 0 atom stereocenters. The van der Waals surface area contributed by atoms with Gasteiger partial charge in [0.2, 0.25) is 17.7 Å². The Hall–Kier alpha value is -2.65. The number of pyridine rings is 1. The summed E-state index contributed by atoms with van der Waals surface area (Å²) in [6.07, 6.45) is 1.03. The Balaban J connectivity index is 1.73. The molecule has 29 heavy (non-hydrogen) atoms. The molecule has 2 aliphatic rings. The Morgan fingerprint density at radius 2 is 2.07 bits per heavy atom. The van der Waals surface area contributed by atoms with Gasteiger partial charge in [-0.15, -0.1) is 0 Å². The third kappa shape index (κ3) is 5.45. The van der Waals surface area contributed by atoms with Gasteiger partial charge < -0.3 is 25.0 Å². The summed E-state index contributed by atoms with van der Waals surface area (Å²) in [7, 11) is 1.46. The fraction of sp³-hybridized carbons (Fsp3) is 0.632. The molecule has 2 heterocycles. The van der Waals surface area contributed by atoms with Crippen LogP contribution in [0.4, 0.5) is 19.3 Å². The summed E-state index contributed by atoms with van der Waals surface area (Å²) in [5, 5.41) is 4.90. The summed E-state index contributed by atoms with van der Waals surface area (Å²) in [5.41, 5.74) is -0.737. The highest BCUT2D eigenvalue weighted by atomic mass is 19.3. The lowest BCUT2D eigenvalue weighted by molar-refractivity contribution is -0.125. The van der Waals surface area contributed by atoms with Gasteiger partial charge >= 0.3 is 6.09 Å². The lowest BCUT2D eigenvalue weighted by Crippen LogP contribution is -2.54. The minimum absolute atomic E-state index is 0.0456. The van der Waals surface area contributed by atoms with Crippen molar-refractivity contribution in [3.8, 4) is 11.8 Å². The first-order valence-electron chi connectivity index (χ1n) is 9.58. The van der Waals surface area contributed by atoms with Crippen LogP contribution in [0, 0.1) is 5.92 Å². The SMILES string of the molecule is CNC(=O)C(C)(C)NC(=O)Oc1ccc(N2CCC(F)(F)C2)c(OCC2CC2)n1. The molecule has 1 aromatic rings. The molecule has 2 fully saturated rings. The second kappa shape index (κ2) is 8.00. The molecule has 0 bridgehead atoms. The Labute approximate surface area is 167 Å². The largest absolute Gasteiger partial charge is 0.476 e. The number of rotatable bonds is 7. The molecule has 1 saturated carbocycles. The smallest absolute Gasteiger partial charge is 0.414 e. The van der Waals surface area contributed by atoms with Crippen molar-refractivity contribution in [3.63, 3.8) is 0 Å². The first-order valence-corrected chi connectivity index (χ1v) is 9.58. The summed E-state index contributed by atoms with van der Waals surface area (Å²) in [6, 6.07) is 2.98. The van der Waals surface area contributed by atoms with Gasteiger partial charge in [0.1, 0.15) is 11.2 Å². The van der Waals surface area contributed by atoms with E-state index in [1.54, 1.807) is 6.07 Å². The number of nitrogens with zero attached hydrogens (tertiary/aromatic N) is 2. The van der Waals surface area contributed by atoms with E-state index >= 15 is 0 Å². The third-order valence-electron chi connectivity index (χ3n) is 4.88. The molecule has 0 radical (unpaired) electrons. The van der Waals surface area contributed by atoms with Crippen molar-refractivity contribution >= 4 is 17.7 Å². The minimum atomic E-state index is -2.76. The molecule has 2 N–H and O–H groups in total. The van der Waals surface area contributed by atoms with E-state index in [2.05, 4.69) is 15.6 Å². The van der Waals surface area contributed by atoms with Crippen molar-refractivity contribution in [2.45, 2.75) is 44.6 Å². The van der Waals surface area contributed by atoms with Crippen LogP contribution in [0.15, 0.2) is 12.1 Å². The number of anilines is 1. The number of ether oxygens (including phenoxy) is 2. The summed E-state index contributed by atoms with van der Waals surface area (Å²) < 4.78 is 38.2. The molecular weight excluding hydrogens is 386 g/mol. The Kier molecular flexibility index (Phi) is 5.81. The van der Waals surface area contributed by atoms with Crippen LogP contribution in [-0.2, 0) is 4.79 Å². The van der Waals surface area contributed by atoms with Gasteiger partial charge in [0.25, 0.3) is 5.92 Å². The Morgan fingerprint density at radius 1 is 1.34 bits per heavy atom. The highest BCUT2D eigenvalue weighted by molar-refractivity contribution is 5.89. The van der Waals surface area contributed by atoms with Gasteiger partial charge in [0, 0.05) is 26.1 Å². The fourth-order valence-corrected chi connectivity index (χ4v) is 2.99. The zero-order valence-corrected chi connectivity index (χ0v) is 16.8. The molecule has 0 unspecified atom stereocenters. The summed E-state index contributed by atoms with van der Waals surface area (Å²) in [6.45, 7) is 3.28. The van der Waals surface area contributed by atoms with Gasteiger partial charge in [-0.3, -0.25) is 4.79 Å². The fourth-order valence-electron chi connectivity index (χ4n) is 2.99. The normalized spacial score (nSPS) is 18.3. The topological polar surface area (TPSA) is 92.8 Å². The van der Waals surface area contributed by atoms with Crippen LogP contribution in [0.25, 0.3) is 0 Å². The van der Waals surface area contributed by atoms with E-state index in [0.717, 1.165) is 12.8 Å². The first-order chi connectivity index (χ1) is 13.6. The number of amides is 2. The van der Waals surface area contributed by atoms with Crippen molar-refractivity contribution in [3.05, 3.63) is 12.1 Å². The molecule has 1 aliphatic carbocycles. The highest BCUT2D eigenvalue weighted by Crippen LogP contribution is 2.37. The monoisotopic (exact) mass is 412 g/mol. The first kappa shape index (κ1) is 21.1. The maximum absolute atomic E-state index is 13.6. The van der Waals surface area contributed by atoms with Crippen LogP contribution in [0.5, 0.6) is 11.8 Å². The maximum Gasteiger partial charge on any atom is 0.414 e. The van der Waals surface area contributed by atoms with Gasteiger partial charge in [-0.25, -0.2) is 13.6 Å². The van der Waals surface area contributed by atoms with Crippen molar-refractivity contribution in [1.29, 1.82) is 0 Å². The lowest BCUT2D eigenvalue weighted by atomic mass is 10.1. The van der Waals surface area contributed by atoms with Gasteiger partial charge in [-0.2, -0.15) is 4.98 Å². The van der Waals surface area contributed by atoms with Crippen molar-refractivity contribution in [1.82, 2.24) is 15.6 Å². The molecule has 10 heteroatoms. The van der Waals surface area contributed by atoms with Gasteiger partial charge in [0.05, 0.1) is 13.2 Å². The number of likely N-dealkylation sites (N-methyl/N-ethyl adjacent to an activating group) is 1. The average molecular weight is 412 g/mol. The standard InChI is InChI=1S/C19H26F2N4O4/c1-18(2,16(26)22-3)24-17(27)29-14-7-6-13(25-9-8-19(20,21)11-25)15(23-14)28-10-12-4-5-12/h6-7,12H,4-5,8-11H2,1-3H3,(H,22,26)(H,24,27). The average Bonchev–Trinajstić information content (AvgIpc) is 3.40. The quantitative estimate of drug-likeness (QED) is 0.714. The molecule has 1 aromatic heterocycles. The number of aromatic nitrogens is 1. The number of carbonyl (C=O) groups excluding carboxylic acids is 2. The number of hydrogen-bond donors (Lipinski definition) is 2. The van der Waals surface area contributed by atoms with Crippen LogP contribution < -0.4 is 25.0 Å². The van der Waals surface area contributed by atoms with Crippen LogP contribution >= 0.6 is 0 Å². The molecule has 8 nitrogen and oxygen atoms in total. The molecule has 0 spiro atoms. The molecule has 1 aliphatic heterocycles. The predicted octanol–water partition coefficient (Wildman–Crippen LogP) is 2.33. The second-order valence-corrected chi connectivity index (χ2v) is 7.97. The number of carbonyl (C=O) groups is 2. The van der Waals surface area contributed by atoms with Crippen LogP contribution in [0.3, 0.4) is 0 Å². The van der Waals surface area contributed by atoms with Crippen molar-refractivity contribution in [2.75, 3.05) is 31.6 Å². The summed E-state index contributed by atoms with van der Waals surface area (Å²) >= 11 is 0. The lowest BCUT2D eigenvalue weighted by Gasteiger charge is -2.24. The van der Waals surface area contributed by atoms with E-state index in [9.17, 15) is 18.4 Å². The van der Waals surface area contributed by atoms with E-state index in [1.165, 1.54) is 31.9 Å². The Morgan fingerprint density at radius 3 is 2.66 bits per heavy atom. The molecule has 0 aromatic carbocycles. The molecule has 2 amide bonds. The van der Waals surface area contributed by atoms with E-state index in [4.69, 9.17) is 9.47 Å². The van der Waals surface area contributed by atoms with Gasteiger partial charge in [0.15, 0.2) is 0 Å². The predicted molar refractivity (Wildman–Crippen MR) is 102 cm³/mol. The number of halogens is 2. The maximum atomic E-state index is 13.6. The van der Waals surface area contributed by atoms with E-state index in [0.29, 0.717) is 18.2 Å². The van der Waals surface area contributed by atoms with Crippen molar-refractivity contribution in [2.24, 2.45) is 5.92 Å². The molecule has 1 saturated heterocycles. The molecule has 3 rings (SSSR count). The van der Waals surface area contributed by atoms with Gasteiger partial charge in [-0.05, 0) is 38.7 Å². The van der Waals surface area contributed by atoms with E-state index < -0.39 is 24.1 Å². The molecule has 160 valence electrons. The summed E-state index contributed by atoms with van der Waals surface area (Å²) in [5.74, 6) is -2.60. The molecular formula is C19H26F2N4O4. The van der Waals surface area contributed by atoms with Crippen LogP contribution in [-0.4, -0.2) is 55.2 Å². The minimum Gasteiger partial charge on any atom is -0.476 e. The van der Waals surface area contributed by atoms with Crippen LogP contribution in [0.2, 0.25) is 0 Å². The second-order valence-electron chi connectivity index (χ2n) is 7.97. The van der Waals surface area contributed by atoms with Crippen LogP contribution in [0.1, 0.15) is 33.1 Å². The highest BCUT2D eigenvalue weighted by Gasteiger charge is 2.39. The Bertz CT molecular complexity index is 783. The number of nitrogens with one attached hydrogen (secondary N) is 2. The van der Waals surface area contributed by atoms with Gasteiger partial charge in [-0.1, -0.05) is 0 Å². The van der Waals surface area contributed by atoms with Crippen molar-refractivity contribution < 1.29 is 27.8 Å². The van der Waals surface area contributed by atoms with E-state index in [-0.39, 0.29) is 30.6 Å². The van der Waals surface area contributed by atoms with E-state index in [1.807, 2.05) is 0 Å². The third-order valence-corrected chi connectivity index (χ3v) is 4.88. The zero-order chi connectivity index (χ0) is 21.2. The number of hydrogen-bond acceptors (Lipinski definition) is 6.